The van der Waals surface area contributed by atoms with Crippen LogP contribution in [0.3, 0.4) is 0 Å². The highest BCUT2D eigenvalue weighted by Gasteiger charge is 2.33. The summed E-state index contributed by atoms with van der Waals surface area (Å²) >= 11 is 5.77. The first kappa shape index (κ1) is 14.7. The monoisotopic (exact) mass is 318 g/mol. The zero-order valence-corrected chi connectivity index (χ0v) is 12.8. The van der Waals surface area contributed by atoms with Gasteiger partial charge in [0, 0.05) is 17.8 Å². The first-order chi connectivity index (χ1) is 10.7. The molecule has 0 radical (unpaired) electrons. The van der Waals surface area contributed by atoms with Crippen molar-refractivity contribution in [3.63, 3.8) is 0 Å². The number of benzene rings is 1. The SMILES string of the molecule is COc1cccc(C(=O)N2CC(Oc3ccc(Cl)cn3)C2)c1. The van der Waals surface area contributed by atoms with Crippen molar-refractivity contribution in [3.05, 3.63) is 53.2 Å². The molecule has 3 rings (SSSR count). The number of rotatable bonds is 4. The number of hydrogen-bond acceptors (Lipinski definition) is 4. The van der Waals surface area contributed by atoms with Gasteiger partial charge in [-0.3, -0.25) is 4.79 Å². The fourth-order valence-electron chi connectivity index (χ4n) is 2.22. The number of carbonyl (C=O) groups excluding carboxylic acids is 1. The van der Waals surface area contributed by atoms with Gasteiger partial charge in [0.1, 0.15) is 11.9 Å². The third-order valence-electron chi connectivity index (χ3n) is 3.44. The number of nitrogens with zero attached hydrogens (tertiary/aromatic N) is 2. The highest BCUT2D eigenvalue weighted by atomic mass is 35.5. The molecule has 5 nitrogen and oxygen atoms in total. The molecule has 0 N–H and O–H groups in total. The highest BCUT2D eigenvalue weighted by Crippen LogP contribution is 2.21. The molecule has 1 amide bonds. The molecule has 2 heterocycles. The van der Waals surface area contributed by atoms with Crippen molar-refractivity contribution < 1.29 is 14.3 Å². The van der Waals surface area contributed by atoms with Gasteiger partial charge in [0.15, 0.2) is 0 Å². The van der Waals surface area contributed by atoms with Gasteiger partial charge in [-0.2, -0.15) is 0 Å². The van der Waals surface area contributed by atoms with E-state index < -0.39 is 0 Å². The Bertz CT molecular complexity index is 669. The minimum Gasteiger partial charge on any atom is -0.497 e. The molecular formula is C16H15ClN2O3. The van der Waals surface area contributed by atoms with Crippen LogP contribution in [0.1, 0.15) is 10.4 Å². The van der Waals surface area contributed by atoms with Crippen LogP contribution in [-0.4, -0.2) is 42.1 Å². The summed E-state index contributed by atoms with van der Waals surface area (Å²) in [5.41, 5.74) is 0.613. The maximum Gasteiger partial charge on any atom is 0.254 e. The molecule has 1 saturated heterocycles. The van der Waals surface area contributed by atoms with E-state index in [9.17, 15) is 4.79 Å². The summed E-state index contributed by atoms with van der Waals surface area (Å²) < 4.78 is 10.8. The second kappa shape index (κ2) is 6.23. The summed E-state index contributed by atoms with van der Waals surface area (Å²) in [6, 6.07) is 10.6. The van der Waals surface area contributed by atoms with Crippen molar-refractivity contribution in [2.75, 3.05) is 20.2 Å². The average molecular weight is 319 g/mol. The standard InChI is InChI=1S/C16H15ClN2O3/c1-21-13-4-2-3-11(7-13)16(20)19-9-14(10-19)22-15-6-5-12(17)8-18-15/h2-8,14H,9-10H2,1H3. The number of amides is 1. The largest absolute Gasteiger partial charge is 0.497 e. The van der Waals surface area contributed by atoms with Crippen LogP contribution in [0.2, 0.25) is 5.02 Å². The molecule has 1 aromatic heterocycles. The Morgan fingerprint density at radius 1 is 1.32 bits per heavy atom. The van der Waals surface area contributed by atoms with E-state index in [-0.39, 0.29) is 12.0 Å². The third-order valence-corrected chi connectivity index (χ3v) is 3.66. The second-order valence-electron chi connectivity index (χ2n) is 5.00. The first-order valence-electron chi connectivity index (χ1n) is 6.87. The van der Waals surface area contributed by atoms with Gasteiger partial charge in [0.25, 0.3) is 5.91 Å². The van der Waals surface area contributed by atoms with Gasteiger partial charge in [-0.25, -0.2) is 4.98 Å². The zero-order chi connectivity index (χ0) is 15.5. The quantitative estimate of drug-likeness (QED) is 0.869. The number of ether oxygens (including phenoxy) is 2. The molecule has 2 aromatic rings. The van der Waals surface area contributed by atoms with Crippen molar-refractivity contribution >= 4 is 17.5 Å². The molecular weight excluding hydrogens is 304 g/mol. The molecule has 0 saturated carbocycles. The number of pyridine rings is 1. The summed E-state index contributed by atoms with van der Waals surface area (Å²) in [6.07, 6.45) is 1.50. The Balaban J connectivity index is 1.56. The van der Waals surface area contributed by atoms with E-state index in [1.165, 1.54) is 6.20 Å². The van der Waals surface area contributed by atoms with Crippen LogP contribution in [-0.2, 0) is 0 Å². The molecule has 1 aliphatic heterocycles. The Morgan fingerprint density at radius 2 is 2.14 bits per heavy atom. The maximum absolute atomic E-state index is 12.3. The topological polar surface area (TPSA) is 51.7 Å². The van der Waals surface area contributed by atoms with Crippen LogP contribution in [0.15, 0.2) is 42.6 Å². The van der Waals surface area contributed by atoms with Crippen molar-refractivity contribution in [2.45, 2.75) is 6.10 Å². The zero-order valence-electron chi connectivity index (χ0n) is 12.0. The van der Waals surface area contributed by atoms with E-state index in [1.807, 2.05) is 6.07 Å². The van der Waals surface area contributed by atoms with E-state index >= 15 is 0 Å². The van der Waals surface area contributed by atoms with Gasteiger partial charge in [-0.1, -0.05) is 17.7 Å². The lowest BCUT2D eigenvalue weighted by molar-refractivity contribution is 0.0160. The second-order valence-corrected chi connectivity index (χ2v) is 5.43. The van der Waals surface area contributed by atoms with Crippen molar-refractivity contribution in [2.24, 2.45) is 0 Å². The summed E-state index contributed by atoms with van der Waals surface area (Å²) in [4.78, 5) is 18.1. The Hall–Kier alpha value is -2.27. The smallest absolute Gasteiger partial charge is 0.254 e. The molecule has 0 bridgehead atoms. The average Bonchev–Trinajstić information content (AvgIpc) is 2.51. The molecule has 0 unspecified atom stereocenters. The number of carbonyl (C=O) groups is 1. The fraction of sp³-hybridized carbons (Fsp3) is 0.250. The molecule has 0 atom stereocenters. The van der Waals surface area contributed by atoms with Gasteiger partial charge in [0.2, 0.25) is 5.88 Å². The maximum atomic E-state index is 12.3. The Kier molecular flexibility index (Phi) is 4.15. The summed E-state index contributed by atoms with van der Waals surface area (Å²) in [7, 11) is 1.58. The Labute approximate surface area is 133 Å². The fourth-order valence-corrected chi connectivity index (χ4v) is 2.33. The van der Waals surface area contributed by atoms with Gasteiger partial charge >= 0.3 is 0 Å². The minimum absolute atomic E-state index is 0.0252. The van der Waals surface area contributed by atoms with Crippen molar-refractivity contribution in [1.29, 1.82) is 0 Å². The van der Waals surface area contributed by atoms with Crippen molar-refractivity contribution in [3.8, 4) is 11.6 Å². The van der Waals surface area contributed by atoms with Crippen LogP contribution in [0.25, 0.3) is 0 Å². The van der Waals surface area contributed by atoms with Crippen LogP contribution in [0, 0.1) is 0 Å². The number of aromatic nitrogens is 1. The number of methoxy groups -OCH3 is 1. The molecule has 22 heavy (non-hydrogen) atoms. The predicted octanol–water partition coefficient (Wildman–Crippen LogP) is 2.65. The van der Waals surface area contributed by atoms with Crippen LogP contribution in [0.5, 0.6) is 11.6 Å². The van der Waals surface area contributed by atoms with E-state index in [0.717, 1.165) is 0 Å². The molecule has 1 aromatic carbocycles. The summed E-state index contributed by atoms with van der Waals surface area (Å²) in [6.45, 7) is 1.08. The van der Waals surface area contributed by atoms with Crippen molar-refractivity contribution in [1.82, 2.24) is 9.88 Å². The predicted molar refractivity (Wildman–Crippen MR) is 82.6 cm³/mol. The normalized spacial score (nSPS) is 14.4. The lowest BCUT2D eigenvalue weighted by Crippen LogP contribution is -2.56. The summed E-state index contributed by atoms with van der Waals surface area (Å²) in [5, 5.41) is 0.566. The van der Waals surface area contributed by atoms with Crippen LogP contribution < -0.4 is 9.47 Å². The van der Waals surface area contributed by atoms with E-state index in [0.29, 0.717) is 35.3 Å². The molecule has 6 heteroatoms. The lowest BCUT2D eigenvalue weighted by Gasteiger charge is -2.38. The number of hydrogen-bond donors (Lipinski definition) is 0. The highest BCUT2D eigenvalue weighted by molar-refractivity contribution is 6.30. The minimum atomic E-state index is -0.0387. The lowest BCUT2D eigenvalue weighted by atomic mass is 10.1. The van der Waals surface area contributed by atoms with Gasteiger partial charge in [0.05, 0.1) is 25.2 Å². The molecule has 1 aliphatic rings. The molecule has 0 spiro atoms. The first-order valence-corrected chi connectivity index (χ1v) is 7.25. The van der Waals surface area contributed by atoms with Gasteiger partial charge in [-0.05, 0) is 24.3 Å². The van der Waals surface area contributed by atoms with Gasteiger partial charge in [-0.15, -0.1) is 0 Å². The van der Waals surface area contributed by atoms with E-state index in [4.69, 9.17) is 21.1 Å². The summed E-state index contributed by atoms with van der Waals surface area (Å²) in [5.74, 6) is 1.16. The molecule has 1 fully saturated rings. The molecule has 114 valence electrons. The Morgan fingerprint density at radius 3 is 2.82 bits per heavy atom. The van der Waals surface area contributed by atoms with Crippen LogP contribution in [0.4, 0.5) is 0 Å². The third kappa shape index (κ3) is 3.14. The number of likely N-dealkylation sites (tertiary alicyclic amines) is 1. The van der Waals surface area contributed by atoms with E-state index in [1.54, 1.807) is 42.3 Å². The number of halogens is 1. The van der Waals surface area contributed by atoms with Crippen LogP contribution >= 0.6 is 11.6 Å². The molecule has 0 aliphatic carbocycles. The van der Waals surface area contributed by atoms with Gasteiger partial charge < -0.3 is 14.4 Å². The van der Waals surface area contributed by atoms with E-state index in [2.05, 4.69) is 4.98 Å².